The molecule has 4 heteroatoms. The van der Waals surface area contributed by atoms with Gasteiger partial charge < -0.3 is 14.9 Å². The quantitative estimate of drug-likeness (QED) is 0.849. The number of aliphatic hydroxyl groups is 1. The summed E-state index contributed by atoms with van der Waals surface area (Å²) in [6, 6.07) is 8.95. The zero-order valence-electron chi connectivity index (χ0n) is 11.5. The standard InChI is InChI=1S/C16H19NO3/c1-2-20-16-10-12(6-8-15(16)19)5-7-14(18)13-4-3-9-17-11-13/h3-4,6,8-11,14,18-19H,2,5,7H2,1H3. The molecule has 2 N–H and O–H groups in total. The number of benzene rings is 1. The van der Waals surface area contributed by atoms with Crippen molar-refractivity contribution in [1.29, 1.82) is 0 Å². The lowest BCUT2D eigenvalue weighted by Crippen LogP contribution is -2.00. The van der Waals surface area contributed by atoms with Crippen LogP contribution in [-0.4, -0.2) is 21.8 Å². The highest BCUT2D eigenvalue weighted by molar-refractivity contribution is 5.41. The second-order valence-electron chi connectivity index (χ2n) is 4.58. The van der Waals surface area contributed by atoms with Crippen molar-refractivity contribution in [3.05, 3.63) is 53.9 Å². The smallest absolute Gasteiger partial charge is 0.161 e. The molecule has 1 heterocycles. The Morgan fingerprint density at radius 3 is 2.85 bits per heavy atom. The van der Waals surface area contributed by atoms with E-state index >= 15 is 0 Å². The summed E-state index contributed by atoms with van der Waals surface area (Å²) in [4.78, 5) is 4.00. The van der Waals surface area contributed by atoms with Gasteiger partial charge in [-0.2, -0.15) is 0 Å². The number of ether oxygens (including phenoxy) is 1. The molecule has 0 amide bonds. The minimum Gasteiger partial charge on any atom is -0.504 e. The Bertz CT molecular complexity index is 543. The van der Waals surface area contributed by atoms with Crippen LogP contribution in [0.15, 0.2) is 42.7 Å². The Labute approximate surface area is 118 Å². The number of hydrogen-bond donors (Lipinski definition) is 2. The van der Waals surface area contributed by atoms with Crippen molar-refractivity contribution in [2.75, 3.05) is 6.61 Å². The van der Waals surface area contributed by atoms with Crippen LogP contribution in [0.3, 0.4) is 0 Å². The molecular formula is C16H19NO3. The number of nitrogens with zero attached hydrogens (tertiary/aromatic N) is 1. The fraction of sp³-hybridized carbons (Fsp3) is 0.312. The van der Waals surface area contributed by atoms with Crippen molar-refractivity contribution in [2.45, 2.75) is 25.9 Å². The Morgan fingerprint density at radius 2 is 2.15 bits per heavy atom. The second kappa shape index (κ2) is 6.91. The van der Waals surface area contributed by atoms with Crippen molar-refractivity contribution in [3.8, 4) is 11.5 Å². The molecule has 1 atom stereocenters. The molecule has 106 valence electrons. The van der Waals surface area contributed by atoms with Crippen LogP contribution in [0, 0.1) is 0 Å². The first-order valence-corrected chi connectivity index (χ1v) is 6.73. The third-order valence-electron chi connectivity index (χ3n) is 3.10. The number of aryl methyl sites for hydroxylation is 1. The average Bonchev–Trinajstić information content (AvgIpc) is 2.49. The summed E-state index contributed by atoms with van der Waals surface area (Å²) in [7, 11) is 0. The molecule has 0 radical (unpaired) electrons. The Hall–Kier alpha value is -2.07. The Kier molecular flexibility index (Phi) is 4.96. The Morgan fingerprint density at radius 1 is 1.30 bits per heavy atom. The number of aromatic nitrogens is 1. The van der Waals surface area contributed by atoms with E-state index < -0.39 is 6.10 Å². The van der Waals surface area contributed by atoms with E-state index in [2.05, 4.69) is 4.98 Å². The summed E-state index contributed by atoms with van der Waals surface area (Å²) in [5, 5.41) is 19.7. The van der Waals surface area contributed by atoms with E-state index in [-0.39, 0.29) is 5.75 Å². The molecule has 4 nitrogen and oxygen atoms in total. The van der Waals surface area contributed by atoms with Crippen molar-refractivity contribution in [3.63, 3.8) is 0 Å². The van der Waals surface area contributed by atoms with Crippen LogP contribution in [0.5, 0.6) is 11.5 Å². The summed E-state index contributed by atoms with van der Waals surface area (Å²) in [6.45, 7) is 2.38. The number of pyridine rings is 1. The summed E-state index contributed by atoms with van der Waals surface area (Å²) in [6.07, 6.45) is 4.13. The zero-order chi connectivity index (χ0) is 14.4. The van der Waals surface area contributed by atoms with Crippen molar-refractivity contribution in [2.24, 2.45) is 0 Å². The predicted octanol–water partition coefficient (Wildman–Crippen LogP) is 2.85. The lowest BCUT2D eigenvalue weighted by molar-refractivity contribution is 0.167. The Balaban J connectivity index is 1.98. The van der Waals surface area contributed by atoms with E-state index in [4.69, 9.17) is 4.74 Å². The number of aromatic hydroxyl groups is 1. The maximum Gasteiger partial charge on any atom is 0.161 e. The molecule has 0 aliphatic carbocycles. The summed E-state index contributed by atoms with van der Waals surface area (Å²) < 4.78 is 5.35. The van der Waals surface area contributed by atoms with Gasteiger partial charge in [-0.15, -0.1) is 0 Å². The van der Waals surface area contributed by atoms with E-state index in [1.54, 1.807) is 18.5 Å². The fourth-order valence-electron chi connectivity index (χ4n) is 2.03. The van der Waals surface area contributed by atoms with E-state index in [9.17, 15) is 10.2 Å². The van der Waals surface area contributed by atoms with Gasteiger partial charge in [0.05, 0.1) is 12.7 Å². The van der Waals surface area contributed by atoms with Crippen LogP contribution in [0.2, 0.25) is 0 Å². The first kappa shape index (κ1) is 14.3. The van der Waals surface area contributed by atoms with Gasteiger partial charge in [-0.05, 0) is 49.1 Å². The fourth-order valence-corrected chi connectivity index (χ4v) is 2.03. The molecule has 20 heavy (non-hydrogen) atoms. The van der Waals surface area contributed by atoms with Crippen LogP contribution in [0.4, 0.5) is 0 Å². The maximum atomic E-state index is 10.1. The van der Waals surface area contributed by atoms with Crippen LogP contribution in [0.25, 0.3) is 0 Å². The SMILES string of the molecule is CCOc1cc(CCC(O)c2cccnc2)ccc1O. The van der Waals surface area contributed by atoms with Gasteiger partial charge in [0.15, 0.2) is 11.5 Å². The van der Waals surface area contributed by atoms with E-state index in [1.807, 2.05) is 31.2 Å². The van der Waals surface area contributed by atoms with Crippen molar-refractivity contribution in [1.82, 2.24) is 4.98 Å². The van der Waals surface area contributed by atoms with Crippen LogP contribution in [-0.2, 0) is 6.42 Å². The van der Waals surface area contributed by atoms with E-state index in [0.717, 1.165) is 11.1 Å². The molecule has 1 aromatic heterocycles. The highest BCUT2D eigenvalue weighted by atomic mass is 16.5. The molecule has 0 saturated carbocycles. The molecule has 2 rings (SSSR count). The van der Waals surface area contributed by atoms with Gasteiger partial charge in [0.1, 0.15) is 0 Å². The second-order valence-corrected chi connectivity index (χ2v) is 4.58. The highest BCUT2D eigenvalue weighted by Crippen LogP contribution is 2.28. The summed E-state index contributed by atoms with van der Waals surface area (Å²) in [5.41, 5.74) is 1.84. The number of phenolic OH excluding ortho intramolecular Hbond substituents is 1. The molecule has 2 aromatic rings. The van der Waals surface area contributed by atoms with Gasteiger partial charge in [0.25, 0.3) is 0 Å². The highest BCUT2D eigenvalue weighted by Gasteiger charge is 2.09. The monoisotopic (exact) mass is 273 g/mol. The number of hydrogen-bond acceptors (Lipinski definition) is 4. The lowest BCUT2D eigenvalue weighted by atomic mass is 10.0. The van der Waals surface area contributed by atoms with E-state index in [0.29, 0.717) is 25.2 Å². The summed E-state index contributed by atoms with van der Waals surface area (Å²) >= 11 is 0. The minimum absolute atomic E-state index is 0.142. The molecule has 0 aliphatic rings. The molecule has 0 spiro atoms. The molecular weight excluding hydrogens is 254 g/mol. The number of rotatable bonds is 6. The molecule has 0 fully saturated rings. The van der Waals surface area contributed by atoms with Crippen LogP contribution in [0.1, 0.15) is 30.6 Å². The number of phenols is 1. The van der Waals surface area contributed by atoms with Crippen LogP contribution >= 0.6 is 0 Å². The lowest BCUT2D eigenvalue weighted by Gasteiger charge is -2.12. The topological polar surface area (TPSA) is 62.6 Å². The molecule has 1 aromatic carbocycles. The first-order valence-electron chi connectivity index (χ1n) is 6.73. The van der Waals surface area contributed by atoms with Gasteiger partial charge in [0.2, 0.25) is 0 Å². The normalized spacial score (nSPS) is 12.1. The summed E-state index contributed by atoms with van der Waals surface area (Å²) in [5.74, 6) is 0.629. The van der Waals surface area contributed by atoms with Gasteiger partial charge in [0, 0.05) is 12.4 Å². The molecule has 0 bridgehead atoms. The minimum atomic E-state index is -0.534. The first-order chi connectivity index (χ1) is 9.70. The van der Waals surface area contributed by atoms with Crippen molar-refractivity contribution < 1.29 is 14.9 Å². The maximum absolute atomic E-state index is 10.1. The molecule has 0 saturated heterocycles. The largest absolute Gasteiger partial charge is 0.504 e. The van der Waals surface area contributed by atoms with Gasteiger partial charge in [-0.1, -0.05) is 12.1 Å². The zero-order valence-corrected chi connectivity index (χ0v) is 11.5. The van der Waals surface area contributed by atoms with Gasteiger partial charge in [-0.25, -0.2) is 0 Å². The third kappa shape index (κ3) is 3.71. The van der Waals surface area contributed by atoms with E-state index in [1.165, 1.54) is 0 Å². The third-order valence-corrected chi connectivity index (χ3v) is 3.10. The number of aliphatic hydroxyl groups excluding tert-OH is 1. The van der Waals surface area contributed by atoms with Gasteiger partial charge in [-0.3, -0.25) is 4.98 Å². The molecule has 0 aliphatic heterocycles. The van der Waals surface area contributed by atoms with Gasteiger partial charge >= 0.3 is 0 Å². The molecule has 1 unspecified atom stereocenters. The van der Waals surface area contributed by atoms with Crippen molar-refractivity contribution >= 4 is 0 Å². The predicted molar refractivity (Wildman–Crippen MR) is 76.8 cm³/mol. The van der Waals surface area contributed by atoms with Crippen LogP contribution < -0.4 is 4.74 Å². The average molecular weight is 273 g/mol.